The molecule has 3 heterocycles. The van der Waals surface area contributed by atoms with Gasteiger partial charge in [-0.25, -0.2) is 9.97 Å². The Morgan fingerprint density at radius 3 is 2.95 bits per heavy atom. The Morgan fingerprint density at radius 1 is 1.50 bits per heavy atom. The van der Waals surface area contributed by atoms with Gasteiger partial charge in [0.2, 0.25) is 0 Å². The summed E-state index contributed by atoms with van der Waals surface area (Å²) in [6, 6.07) is 2.22. The van der Waals surface area contributed by atoms with Crippen molar-refractivity contribution < 1.29 is 4.79 Å². The standard InChI is InChI=1S/C15H18N6O/c1-3-21-10(15(22)18-8-4-5-8)6-9-12-11(17-7-20(12)2)13(16)19-14(9)21/h6-8H,3-5H2,1-2H3,(H2,16,19)(H,18,22). The van der Waals surface area contributed by atoms with E-state index in [2.05, 4.69) is 15.3 Å². The third-order valence-electron chi connectivity index (χ3n) is 4.19. The van der Waals surface area contributed by atoms with E-state index in [1.807, 2.05) is 29.2 Å². The van der Waals surface area contributed by atoms with Crippen LogP contribution in [-0.2, 0) is 13.6 Å². The molecule has 0 aliphatic heterocycles. The molecule has 1 saturated carbocycles. The van der Waals surface area contributed by atoms with E-state index in [0.717, 1.165) is 29.4 Å². The number of aryl methyl sites for hydroxylation is 2. The molecule has 1 aliphatic rings. The molecule has 0 radical (unpaired) electrons. The number of nitrogen functional groups attached to an aromatic ring is 1. The minimum atomic E-state index is -0.0451. The second kappa shape index (κ2) is 4.46. The number of rotatable bonds is 3. The van der Waals surface area contributed by atoms with Gasteiger partial charge in [-0.3, -0.25) is 4.79 Å². The van der Waals surface area contributed by atoms with E-state index in [1.165, 1.54) is 0 Å². The highest BCUT2D eigenvalue weighted by Crippen LogP contribution is 2.29. The zero-order valence-corrected chi connectivity index (χ0v) is 12.6. The molecular weight excluding hydrogens is 280 g/mol. The third kappa shape index (κ3) is 1.78. The normalized spacial score (nSPS) is 14.8. The van der Waals surface area contributed by atoms with Crippen molar-refractivity contribution in [2.45, 2.75) is 32.4 Å². The van der Waals surface area contributed by atoms with Gasteiger partial charge >= 0.3 is 0 Å². The molecule has 0 unspecified atom stereocenters. The summed E-state index contributed by atoms with van der Waals surface area (Å²) >= 11 is 0. The molecular formula is C15H18N6O. The number of pyridine rings is 1. The number of carbonyl (C=O) groups excluding carboxylic acids is 1. The van der Waals surface area contributed by atoms with Crippen LogP contribution in [0.2, 0.25) is 0 Å². The van der Waals surface area contributed by atoms with Crippen LogP contribution in [0.5, 0.6) is 0 Å². The number of carbonyl (C=O) groups is 1. The molecule has 3 aromatic rings. The van der Waals surface area contributed by atoms with E-state index >= 15 is 0 Å². The lowest BCUT2D eigenvalue weighted by atomic mass is 10.2. The molecule has 1 amide bonds. The summed E-state index contributed by atoms with van der Waals surface area (Å²) in [5, 5.41) is 3.94. The second-order valence-corrected chi connectivity index (χ2v) is 5.81. The lowest BCUT2D eigenvalue weighted by Gasteiger charge is -2.08. The lowest BCUT2D eigenvalue weighted by molar-refractivity contribution is 0.0942. The number of anilines is 1. The SMILES string of the molecule is CCn1c(C(=O)NC2CC2)cc2c3c(ncn3C)c(N)nc21. The molecule has 1 aliphatic carbocycles. The van der Waals surface area contributed by atoms with Crippen molar-refractivity contribution in [1.29, 1.82) is 0 Å². The maximum absolute atomic E-state index is 12.5. The number of nitrogens with two attached hydrogens (primary N) is 1. The summed E-state index contributed by atoms with van der Waals surface area (Å²) in [4.78, 5) is 21.2. The summed E-state index contributed by atoms with van der Waals surface area (Å²) in [5.41, 5.74) is 8.99. The molecule has 114 valence electrons. The molecule has 22 heavy (non-hydrogen) atoms. The van der Waals surface area contributed by atoms with E-state index in [4.69, 9.17) is 5.73 Å². The molecule has 4 rings (SSSR count). The molecule has 3 aromatic heterocycles. The predicted molar refractivity (Wildman–Crippen MR) is 84.6 cm³/mol. The largest absolute Gasteiger partial charge is 0.382 e. The summed E-state index contributed by atoms with van der Waals surface area (Å²) < 4.78 is 3.83. The Labute approximate surface area is 127 Å². The number of hydrogen-bond acceptors (Lipinski definition) is 4. The number of nitrogens with one attached hydrogen (secondary N) is 1. The second-order valence-electron chi connectivity index (χ2n) is 5.81. The van der Waals surface area contributed by atoms with Gasteiger partial charge in [0.1, 0.15) is 16.9 Å². The number of nitrogens with zero attached hydrogens (tertiary/aromatic N) is 4. The van der Waals surface area contributed by atoms with Crippen LogP contribution in [0.4, 0.5) is 5.82 Å². The van der Waals surface area contributed by atoms with Gasteiger partial charge in [0.05, 0.1) is 11.8 Å². The van der Waals surface area contributed by atoms with Crippen molar-refractivity contribution in [3.05, 3.63) is 18.1 Å². The maximum atomic E-state index is 12.5. The van der Waals surface area contributed by atoms with Crippen molar-refractivity contribution in [2.24, 2.45) is 7.05 Å². The minimum absolute atomic E-state index is 0.0451. The molecule has 0 saturated heterocycles. The highest BCUT2D eigenvalue weighted by atomic mass is 16.2. The van der Waals surface area contributed by atoms with Gasteiger partial charge in [0, 0.05) is 25.0 Å². The van der Waals surface area contributed by atoms with Crippen molar-refractivity contribution in [1.82, 2.24) is 24.4 Å². The fourth-order valence-corrected chi connectivity index (χ4v) is 2.93. The smallest absolute Gasteiger partial charge is 0.268 e. The highest BCUT2D eigenvalue weighted by Gasteiger charge is 2.26. The van der Waals surface area contributed by atoms with Gasteiger partial charge in [-0.2, -0.15) is 0 Å². The first-order valence-electron chi connectivity index (χ1n) is 7.50. The maximum Gasteiger partial charge on any atom is 0.268 e. The summed E-state index contributed by atoms with van der Waals surface area (Å²) in [6.07, 6.45) is 3.85. The molecule has 0 aromatic carbocycles. The van der Waals surface area contributed by atoms with Crippen LogP contribution in [0.3, 0.4) is 0 Å². The van der Waals surface area contributed by atoms with Crippen molar-refractivity contribution >= 4 is 33.8 Å². The fourth-order valence-electron chi connectivity index (χ4n) is 2.93. The molecule has 7 heteroatoms. The summed E-state index contributed by atoms with van der Waals surface area (Å²) in [6.45, 7) is 2.66. The summed E-state index contributed by atoms with van der Waals surface area (Å²) in [5.74, 6) is 0.348. The quantitative estimate of drug-likeness (QED) is 0.765. The molecule has 1 fully saturated rings. The summed E-state index contributed by atoms with van der Waals surface area (Å²) in [7, 11) is 1.92. The third-order valence-corrected chi connectivity index (χ3v) is 4.19. The van der Waals surface area contributed by atoms with Gasteiger partial charge < -0.3 is 20.2 Å². The fraction of sp³-hybridized carbons (Fsp3) is 0.400. The van der Waals surface area contributed by atoms with Crippen LogP contribution in [-0.4, -0.2) is 31.1 Å². The van der Waals surface area contributed by atoms with E-state index in [9.17, 15) is 4.79 Å². The first kappa shape index (κ1) is 13.1. The first-order valence-corrected chi connectivity index (χ1v) is 7.50. The topological polar surface area (TPSA) is 90.8 Å². The molecule has 0 spiro atoms. The van der Waals surface area contributed by atoms with Crippen LogP contribution in [0.15, 0.2) is 12.4 Å². The number of fused-ring (bicyclic) bond motifs is 3. The molecule has 3 N–H and O–H groups in total. The first-order chi connectivity index (χ1) is 10.6. The number of imidazole rings is 1. The van der Waals surface area contributed by atoms with Gasteiger partial charge in [-0.1, -0.05) is 0 Å². The zero-order chi connectivity index (χ0) is 15.4. The van der Waals surface area contributed by atoms with Gasteiger partial charge in [0.15, 0.2) is 5.82 Å². The monoisotopic (exact) mass is 298 g/mol. The Hall–Kier alpha value is -2.57. The van der Waals surface area contributed by atoms with Crippen molar-refractivity contribution in [3.8, 4) is 0 Å². The van der Waals surface area contributed by atoms with E-state index in [-0.39, 0.29) is 5.91 Å². The van der Waals surface area contributed by atoms with E-state index in [0.29, 0.717) is 29.6 Å². The van der Waals surface area contributed by atoms with Gasteiger partial charge in [-0.05, 0) is 25.8 Å². The zero-order valence-electron chi connectivity index (χ0n) is 12.6. The van der Waals surface area contributed by atoms with E-state index < -0.39 is 0 Å². The minimum Gasteiger partial charge on any atom is -0.382 e. The van der Waals surface area contributed by atoms with Crippen LogP contribution < -0.4 is 11.1 Å². The van der Waals surface area contributed by atoms with Crippen molar-refractivity contribution in [3.63, 3.8) is 0 Å². The Kier molecular flexibility index (Phi) is 2.66. The predicted octanol–water partition coefficient (Wildman–Crippen LogP) is 1.42. The van der Waals surface area contributed by atoms with Gasteiger partial charge in [0.25, 0.3) is 5.91 Å². The average Bonchev–Trinajstić information content (AvgIpc) is 3.09. The molecule has 0 bridgehead atoms. The average molecular weight is 298 g/mol. The van der Waals surface area contributed by atoms with E-state index in [1.54, 1.807) is 6.33 Å². The Bertz CT molecular complexity index is 902. The van der Waals surface area contributed by atoms with Crippen LogP contribution in [0, 0.1) is 0 Å². The molecule has 7 nitrogen and oxygen atoms in total. The Balaban J connectivity index is 1.99. The highest BCUT2D eigenvalue weighted by molar-refractivity contribution is 6.09. The number of aromatic nitrogens is 4. The molecule has 0 atom stereocenters. The van der Waals surface area contributed by atoms with Crippen LogP contribution in [0.1, 0.15) is 30.3 Å². The Morgan fingerprint density at radius 2 is 2.27 bits per heavy atom. The van der Waals surface area contributed by atoms with Crippen molar-refractivity contribution in [2.75, 3.05) is 5.73 Å². The van der Waals surface area contributed by atoms with Crippen LogP contribution >= 0.6 is 0 Å². The van der Waals surface area contributed by atoms with Gasteiger partial charge in [-0.15, -0.1) is 0 Å². The number of hydrogen-bond donors (Lipinski definition) is 2. The van der Waals surface area contributed by atoms with Crippen LogP contribution in [0.25, 0.3) is 22.1 Å². The number of amides is 1. The lowest BCUT2D eigenvalue weighted by Crippen LogP contribution is -2.27.